The Morgan fingerprint density at radius 1 is 1.24 bits per heavy atom. The summed E-state index contributed by atoms with van der Waals surface area (Å²) < 4.78 is 0. The van der Waals surface area contributed by atoms with Gasteiger partial charge in [0.15, 0.2) is 0 Å². The van der Waals surface area contributed by atoms with Gasteiger partial charge in [-0.25, -0.2) is 4.79 Å². The van der Waals surface area contributed by atoms with Crippen molar-refractivity contribution in [1.29, 1.82) is 0 Å². The molecule has 2 saturated heterocycles. The van der Waals surface area contributed by atoms with Crippen molar-refractivity contribution in [3.8, 4) is 0 Å². The summed E-state index contributed by atoms with van der Waals surface area (Å²) in [5.74, 6) is -0.767. The minimum Gasteiger partial charge on any atom is -0.481 e. The van der Waals surface area contributed by atoms with E-state index < -0.39 is 11.4 Å². The van der Waals surface area contributed by atoms with Crippen molar-refractivity contribution in [1.82, 2.24) is 9.80 Å². The van der Waals surface area contributed by atoms with Gasteiger partial charge in [-0.15, -0.1) is 0 Å². The van der Waals surface area contributed by atoms with Gasteiger partial charge in [-0.2, -0.15) is 0 Å². The number of rotatable bonds is 4. The van der Waals surface area contributed by atoms with E-state index in [1.165, 1.54) is 0 Å². The van der Waals surface area contributed by atoms with Gasteiger partial charge < -0.3 is 20.0 Å². The quantitative estimate of drug-likeness (QED) is 0.824. The van der Waals surface area contributed by atoms with Crippen molar-refractivity contribution in [2.45, 2.75) is 51.5 Å². The molecule has 2 aliphatic rings. The number of amides is 2. The van der Waals surface area contributed by atoms with Crippen LogP contribution in [0.1, 0.15) is 45.4 Å². The van der Waals surface area contributed by atoms with Crippen LogP contribution in [0, 0.1) is 5.41 Å². The van der Waals surface area contributed by atoms with E-state index in [2.05, 4.69) is 0 Å². The number of nitrogens with zero attached hydrogens (tertiary/aromatic N) is 2. The molecule has 6 nitrogen and oxygen atoms in total. The molecule has 1 unspecified atom stereocenters. The Balaban J connectivity index is 1.91. The van der Waals surface area contributed by atoms with Crippen LogP contribution in [-0.4, -0.2) is 64.3 Å². The lowest BCUT2D eigenvalue weighted by Gasteiger charge is -2.39. The van der Waals surface area contributed by atoms with Crippen molar-refractivity contribution in [2.75, 3.05) is 26.2 Å². The maximum atomic E-state index is 12.6. The van der Waals surface area contributed by atoms with Gasteiger partial charge in [-0.1, -0.05) is 0 Å². The largest absolute Gasteiger partial charge is 0.481 e. The fourth-order valence-corrected chi connectivity index (χ4v) is 3.30. The zero-order valence-corrected chi connectivity index (χ0v) is 12.8. The van der Waals surface area contributed by atoms with Crippen LogP contribution in [0.3, 0.4) is 0 Å². The van der Waals surface area contributed by atoms with Gasteiger partial charge >= 0.3 is 12.0 Å². The number of carboxylic acids is 1. The van der Waals surface area contributed by atoms with Gasteiger partial charge in [0.1, 0.15) is 0 Å². The van der Waals surface area contributed by atoms with Crippen LogP contribution in [0.2, 0.25) is 0 Å². The van der Waals surface area contributed by atoms with Crippen molar-refractivity contribution >= 4 is 12.0 Å². The van der Waals surface area contributed by atoms with E-state index in [1.54, 1.807) is 11.8 Å². The van der Waals surface area contributed by atoms with Gasteiger partial charge in [0.25, 0.3) is 0 Å². The Labute approximate surface area is 125 Å². The van der Waals surface area contributed by atoms with Crippen LogP contribution >= 0.6 is 0 Å². The van der Waals surface area contributed by atoms with Gasteiger partial charge in [-0.05, 0) is 45.4 Å². The summed E-state index contributed by atoms with van der Waals surface area (Å²) in [6.07, 6.45) is 4.63. The molecule has 0 bridgehead atoms. The average molecular weight is 298 g/mol. The van der Waals surface area contributed by atoms with E-state index in [9.17, 15) is 14.7 Å². The minimum absolute atomic E-state index is 0.0443. The summed E-state index contributed by atoms with van der Waals surface area (Å²) in [6, 6.07) is 0.278. The first-order valence-corrected chi connectivity index (χ1v) is 7.88. The van der Waals surface area contributed by atoms with Crippen LogP contribution in [0.4, 0.5) is 4.79 Å². The molecule has 0 saturated carbocycles. The van der Waals surface area contributed by atoms with Crippen LogP contribution in [0.25, 0.3) is 0 Å². The molecule has 21 heavy (non-hydrogen) atoms. The van der Waals surface area contributed by atoms with Crippen molar-refractivity contribution in [3.05, 3.63) is 0 Å². The summed E-state index contributed by atoms with van der Waals surface area (Å²) in [6.45, 7) is 3.74. The normalized spacial score (nSPS) is 25.1. The molecule has 0 radical (unpaired) electrons. The van der Waals surface area contributed by atoms with E-state index in [4.69, 9.17) is 5.11 Å². The molecule has 1 atom stereocenters. The molecular formula is C15H26N2O4. The Kier molecular flexibility index (Phi) is 5.08. The highest BCUT2D eigenvalue weighted by Crippen LogP contribution is 2.32. The lowest BCUT2D eigenvalue weighted by molar-refractivity contribution is -0.150. The maximum Gasteiger partial charge on any atom is 0.320 e. The predicted octanol–water partition coefficient (Wildman–Crippen LogP) is 1.53. The van der Waals surface area contributed by atoms with Crippen molar-refractivity contribution in [2.24, 2.45) is 5.41 Å². The maximum absolute atomic E-state index is 12.6. The third-order valence-electron chi connectivity index (χ3n) is 4.97. The summed E-state index contributed by atoms with van der Waals surface area (Å²) in [5.41, 5.74) is -0.696. The first-order chi connectivity index (χ1) is 9.98. The smallest absolute Gasteiger partial charge is 0.320 e. The molecule has 120 valence electrons. The summed E-state index contributed by atoms with van der Waals surface area (Å²) in [4.78, 5) is 27.5. The Morgan fingerprint density at radius 3 is 2.48 bits per heavy atom. The number of piperidine rings is 1. The molecule has 0 aromatic carbocycles. The zero-order valence-electron chi connectivity index (χ0n) is 12.8. The third kappa shape index (κ3) is 3.48. The van der Waals surface area contributed by atoms with Gasteiger partial charge in [0.05, 0.1) is 5.41 Å². The highest BCUT2D eigenvalue weighted by Gasteiger charge is 2.40. The second kappa shape index (κ2) is 6.64. The number of carbonyl (C=O) groups excluding carboxylic acids is 1. The van der Waals surface area contributed by atoms with E-state index >= 15 is 0 Å². The predicted molar refractivity (Wildman–Crippen MR) is 78.0 cm³/mol. The van der Waals surface area contributed by atoms with Gasteiger partial charge in [-0.3, -0.25) is 4.79 Å². The van der Waals surface area contributed by atoms with E-state index in [1.807, 2.05) is 4.90 Å². The molecule has 6 heteroatoms. The van der Waals surface area contributed by atoms with Crippen molar-refractivity contribution in [3.63, 3.8) is 0 Å². The number of aliphatic hydroxyl groups is 1. The first-order valence-electron chi connectivity index (χ1n) is 7.88. The van der Waals surface area contributed by atoms with Crippen LogP contribution in [0.5, 0.6) is 0 Å². The van der Waals surface area contributed by atoms with E-state index in [0.717, 1.165) is 32.2 Å². The van der Waals surface area contributed by atoms with Gasteiger partial charge in [0, 0.05) is 32.3 Å². The second-order valence-corrected chi connectivity index (χ2v) is 6.49. The molecule has 2 rings (SSSR count). The molecule has 0 spiro atoms. The SMILES string of the molecule is CC1(C(=O)O)CCN(C(=O)N2CCCC2CCCO)CC1. The molecule has 2 heterocycles. The summed E-state index contributed by atoms with van der Waals surface area (Å²) in [7, 11) is 0. The molecule has 0 aliphatic carbocycles. The standard InChI is InChI=1S/C15H26N2O4/c1-15(13(19)20)6-9-16(10-7-15)14(21)17-8-2-4-12(17)5-3-11-18/h12,18H,2-11H2,1H3,(H,19,20). The minimum atomic E-state index is -0.767. The average Bonchev–Trinajstić information content (AvgIpc) is 2.93. The topological polar surface area (TPSA) is 81.1 Å². The number of hydrogen-bond acceptors (Lipinski definition) is 3. The Morgan fingerprint density at radius 2 is 1.90 bits per heavy atom. The fourth-order valence-electron chi connectivity index (χ4n) is 3.30. The first kappa shape index (κ1) is 16.1. The number of hydrogen-bond donors (Lipinski definition) is 2. The molecule has 2 aliphatic heterocycles. The molecular weight excluding hydrogens is 272 g/mol. The Hall–Kier alpha value is -1.30. The lowest BCUT2D eigenvalue weighted by Crippen LogP contribution is -2.51. The number of aliphatic carboxylic acids is 1. The Bertz CT molecular complexity index is 391. The highest BCUT2D eigenvalue weighted by molar-refractivity contribution is 5.77. The molecule has 2 amide bonds. The molecule has 2 N–H and O–H groups in total. The summed E-state index contributed by atoms with van der Waals surface area (Å²) >= 11 is 0. The monoisotopic (exact) mass is 298 g/mol. The molecule has 2 fully saturated rings. The van der Waals surface area contributed by atoms with E-state index in [0.29, 0.717) is 25.9 Å². The molecule has 0 aromatic rings. The second-order valence-electron chi connectivity index (χ2n) is 6.49. The van der Waals surface area contributed by atoms with E-state index in [-0.39, 0.29) is 18.7 Å². The number of aliphatic hydroxyl groups excluding tert-OH is 1. The molecule has 0 aromatic heterocycles. The van der Waals surface area contributed by atoms with Gasteiger partial charge in [0.2, 0.25) is 0 Å². The summed E-state index contributed by atoms with van der Waals surface area (Å²) in [5, 5.41) is 18.2. The van der Waals surface area contributed by atoms with Crippen molar-refractivity contribution < 1.29 is 19.8 Å². The lowest BCUT2D eigenvalue weighted by atomic mass is 9.80. The number of likely N-dealkylation sites (tertiary alicyclic amines) is 2. The van der Waals surface area contributed by atoms with Crippen LogP contribution < -0.4 is 0 Å². The zero-order chi connectivity index (χ0) is 15.5. The van der Waals surface area contributed by atoms with Crippen LogP contribution in [-0.2, 0) is 4.79 Å². The fraction of sp³-hybridized carbons (Fsp3) is 0.867. The highest BCUT2D eigenvalue weighted by atomic mass is 16.4. The van der Waals surface area contributed by atoms with Crippen LogP contribution in [0.15, 0.2) is 0 Å². The number of urea groups is 1. The number of carbonyl (C=O) groups is 2. The number of carboxylic acid groups (broad SMARTS) is 1. The third-order valence-corrected chi connectivity index (χ3v) is 4.97.